The number of halogens is 1. The molecule has 0 aliphatic heterocycles. The van der Waals surface area contributed by atoms with Gasteiger partial charge in [-0.25, -0.2) is 0 Å². The number of aromatic nitrogens is 1. The lowest BCUT2D eigenvalue weighted by molar-refractivity contribution is -0.131. The van der Waals surface area contributed by atoms with Crippen LogP contribution in [0, 0.1) is 0 Å². The minimum atomic E-state index is -0.320. The molecular formula is C26H26BrNO2. The number of fused-ring (bicyclic) bond motifs is 2. The fourth-order valence-corrected chi connectivity index (χ4v) is 4.87. The number of rotatable bonds is 6. The van der Waals surface area contributed by atoms with E-state index in [0.29, 0.717) is 5.75 Å². The van der Waals surface area contributed by atoms with Crippen LogP contribution in [0.3, 0.4) is 0 Å². The van der Waals surface area contributed by atoms with Gasteiger partial charge in [-0.1, -0.05) is 56.2 Å². The van der Waals surface area contributed by atoms with E-state index in [0.717, 1.165) is 21.7 Å². The summed E-state index contributed by atoms with van der Waals surface area (Å²) in [5, 5.41) is 3.49. The Labute approximate surface area is 185 Å². The number of esters is 1. The van der Waals surface area contributed by atoms with Crippen molar-refractivity contribution in [3.63, 3.8) is 0 Å². The zero-order valence-corrected chi connectivity index (χ0v) is 19.3. The molecule has 0 saturated heterocycles. The number of nitrogens with zero attached hydrogens (tertiary/aromatic N) is 1. The van der Waals surface area contributed by atoms with Crippen LogP contribution in [0.25, 0.3) is 32.9 Å². The highest BCUT2D eigenvalue weighted by molar-refractivity contribution is 9.10. The van der Waals surface area contributed by atoms with Crippen LogP contribution in [-0.2, 0) is 18.3 Å². The average Bonchev–Trinajstić information content (AvgIpc) is 3.02. The van der Waals surface area contributed by atoms with Gasteiger partial charge in [-0.2, -0.15) is 0 Å². The van der Waals surface area contributed by atoms with Crippen molar-refractivity contribution in [1.82, 2.24) is 4.57 Å². The highest BCUT2D eigenvalue weighted by Gasteiger charge is 2.17. The number of ether oxygens (including phenoxy) is 1. The van der Waals surface area contributed by atoms with Gasteiger partial charge in [-0.15, -0.1) is 0 Å². The second-order valence-electron chi connectivity index (χ2n) is 7.77. The molecule has 0 amide bonds. The normalized spacial score (nSPS) is 11.3. The van der Waals surface area contributed by atoms with Gasteiger partial charge in [-0.3, -0.25) is 4.79 Å². The van der Waals surface area contributed by atoms with Gasteiger partial charge in [0.1, 0.15) is 5.75 Å². The fraction of sp³-hybridized carbons (Fsp3) is 0.269. The molecule has 0 spiro atoms. The highest BCUT2D eigenvalue weighted by atomic mass is 79.9. The summed E-state index contributed by atoms with van der Waals surface area (Å²) in [6.07, 6.45) is 4.74. The molecule has 1 aromatic heterocycles. The first-order valence-electron chi connectivity index (χ1n) is 10.5. The number of benzene rings is 3. The lowest BCUT2D eigenvalue weighted by Gasteiger charge is -2.12. The molecule has 4 heteroatoms. The summed E-state index contributed by atoms with van der Waals surface area (Å²) in [6, 6.07) is 19.0. The third-order valence-electron chi connectivity index (χ3n) is 5.69. The lowest BCUT2D eigenvalue weighted by Crippen LogP contribution is -2.02. The van der Waals surface area contributed by atoms with Gasteiger partial charge in [0.15, 0.2) is 0 Å². The Kier molecular flexibility index (Phi) is 5.96. The molecule has 0 aliphatic rings. The van der Waals surface area contributed by atoms with Crippen LogP contribution in [0.15, 0.2) is 59.1 Å². The number of para-hydroxylation sites is 1. The topological polar surface area (TPSA) is 31.2 Å². The molecule has 30 heavy (non-hydrogen) atoms. The van der Waals surface area contributed by atoms with E-state index in [1.54, 1.807) is 0 Å². The molecule has 0 atom stereocenters. The second kappa shape index (κ2) is 8.65. The number of hydrogen-bond donors (Lipinski definition) is 0. The van der Waals surface area contributed by atoms with E-state index in [4.69, 9.17) is 4.74 Å². The van der Waals surface area contributed by atoms with Crippen LogP contribution >= 0.6 is 15.9 Å². The van der Waals surface area contributed by atoms with E-state index >= 15 is 0 Å². The number of carbonyl (C=O) groups is 1. The molecule has 0 radical (unpaired) electrons. The molecule has 0 fully saturated rings. The van der Waals surface area contributed by atoms with Crippen LogP contribution in [0.2, 0.25) is 0 Å². The summed E-state index contributed by atoms with van der Waals surface area (Å²) in [4.78, 5) is 11.4. The summed E-state index contributed by atoms with van der Waals surface area (Å²) in [5.41, 5.74) is 5.19. The van der Waals surface area contributed by atoms with Crippen LogP contribution in [0.4, 0.5) is 0 Å². The van der Waals surface area contributed by atoms with E-state index in [1.807, 2.05) is 12.1 Å². The Balaban J connectivity index is 1.86. The summed E-state index contributed by atoms with van der Waals surface area (Å²) in [6.45, 7) is 3.66. The molecule has 0 unspecified atom stereocenters. The van der Waals surface area contributed by atoms with Crippen LogP contribution in [-0.4, -0.2) is 10.5 Å². The van der Waals surface area contributed by atoms with Crippen molar-refractivity contribution in [3.8, 4) is 17.0 Å². The quantitative estimate of drug-likeness (QED) is 0.169. The molecule has 3 aromatic carbocycles. The van der Waals surface area contributed by atoms with Gasteiger partial charge in [0.05, 0.1) is 10.2 Å². The van der Waals surface area contributed by atoms with Crippen LogP contribution < -0.4 is 4.74 Å². The Morgan fingerprint density at radius 2 is 1.83 bits per heavy atom. The first kappa shape index (κ1) is 20.7. The van der Waals surface area contributed by atoms with Crippen molar-refractivity contribution in [2.45, 2.75) is 39.5 Å². The summed E-state index contributed by atoms with van der Waals surface area (Å²) in [5.74, 6) is 0.228. The van der Waals surface area contributed by atoms with Crippen molar-refractivity contribution >= 4 is 43.6 Å². The number of aryl methyl sites for hydroxylation is 2. The predicted molar refractivity (Wildman–Crippen MR) is 128 cm³/mol. The molecule has 0 aliphatic carbocycles. The van der Waals surface area contributed by atoms with E-state index in [-0.39, 0.29) is 5.97 Å². The van der Waals surface area contributed by atoms with Crippen molar-refractivity contribution < 1.29 is 9.53 Å². The number of unbranched alkanes of at least 4 members (excludes halogenated alkanes) is 2. The number of carbonyl (C=O) groups excluding carboxylic acids is 1. The monoisotopic (exact) mass is 463 g/mol. The maximum atomic E-state index is 11.4. The minimum absolute atomic E-state index is 0.320. The maximum absolute atomic E-state index is 11.4. The summed E-state index contributed by atoms with van der Waals surface area (Å²) >= 11 is 3.61. The molecular weight excluding hydrogens is 438 g/mol. The summed E-state index contributed by atoms with van der Waals surface area (Å²) in [7, 11) is 2.16. The van der Waals surface area contributed by atoms with Crippen LogP contribution in [0.1, 0.15) is 38.7 Å². The van der Waals surface area contributed by atoms with Gasteiger partial charge in [-0.05, 0) is 68.9 Å². The molecule has 0 bridgehead atoms. The van der Waals surface area contributed by atoms with Crippen molar-refractivity contribution in [3.05, 3.63) is 64.6 Å². The Morgan fingerprint density at radius 3 is 2.60 bits per heavy atom. The second-order valence-corrected chi connectivity index (χ2v) is 8.56. The molecule has 4 aromatic rings. The van der Waals surface area contributed by atoms with Gasteiger partial charge in [0.2, 0.25) is 0 Å². The first-order valence-corrected chi connectivity index (χ1v) is 11.3. The number of hydrogen-bond acceptors (Lipinski definition) is 2. The molecule has 3 nitrogen and oxygen atoms in total. The lowest BCUT2D eigenvalue weighted by atomic mass is 9.98. The van der Waals surface area contributed by atoms with Crippen molar-refractivity contribution in [2.24, 2.45) is 7.05 Å². The molecule has 4 rings (SSSR count). The summed E-state index contributed by atoms with van der Waals surface area (Å²) < 4.78 is 8.44. The van der Waals surface area contributed by atoms with E-state index in [9.17, 15) is 4.79 Å². The van der Waals surface area contributed by atoms with Crippen molar-refractivity contribution in [2.75, 3.05) is 0 Å². The van der Waals surface area contributed by atoms with E-state index in [1.165, 1.54) is 53.9 Å². The van der Waals surface area contributed by atoms with Gasteiger partial charge < -0.3 is 9.30 Å². The van der Waals surface area contributed by atoms with Gasteiger partial charge in [0.25, 0.3) is 0 Å². The minimum Gasteiger partial charge on any atom is -0.425 e. The van der Waals surface area contributed by atoms with Crippen LogP contribution in [0.5, 0.6) is 5.75 Å². The largest absolute Gasteiger partial charge is 0.425 e. The smallest absolute Gasteiger partial charge is 0.308 e. The average molecular weight is 464 g/mol. The van der Waals surface area contributed by atoms with Gasteiger partial charge >= 0.3 is 5.97 Å². The fourth-order valence-electron chi connectivity index (χ4n) is 4.30. The predicted octanol–water partition coefficient (Wildman–Crippen LogP) is 7.42. The maximum Gasteiger partial charge on any atom is 0.308 e. The molecule has 154 valence electrons. The zero-order chi connectivity index (χ0) is 21.3. The molecule has 1 heterocycles. The standard InChI is InChI=1S/C26H26BrNO2/c1-4-5-6-10-22-21-9-7-8-11-23(21)28(3)26(22)19-12-14-20-18(16-19)13-15-24(25(20)27)30-17(2)29/h7-9,11-16H,4-6,10H2,1-3H3. The third kappa shape index (κ3) is 3.77. The Bertz CT molecular complexity index is 1240. The SMILES string of the molecule is CCCCCc1c(-c2ccc3c(Br)c(OC(C)=O)ccc3c2)n(C)c2ccccc12. The third-order valence-corrected chi connectivity index (χ3v) is 6.51. The molecule has 0 saturated carbocycles. The van der Waals surface area contributed by atoms with E-state index < -0.39 is 0 Å². The van der Waals surface area contributed by atoms with E-state index in [2.05, 4.69) is 76.9 Å². The van der Waals surface area contributed by atoms with Gasteiger partial charge in [0, 0.05) is 24.9 Å². The highest BCUT2D eigenvalue weighted by Crippen LogP contribution is 2.38. The molecule has 0 N–H and O–H groups in total. The van der Waals surface area contributed by atoms with Crippen molar-refractivity contribution in [1.29, 1.82) is 0 Å². The Morgan fingerprint density at radius 1 is 1.03 bits per heavy atom. The zero-order valence-electron chi connectivity index (χ0n) is 17.7. The first-order chi connectivity index (χ1) is 14.5. The Hall–Kier alpha value is -2.59.